The zero-order valence-electron chi connectivity index (χ0n) is 12.5. The third-order valence-electron chi connectivity index (χ3n) is 3.07. The molecule has 1 heterocycles. The molecule has 2 rings (SSSR count). The van der Waals surface area contributed by atoms with E-state index in [-0.39, 0.29) is 0 Å². The summed E-state index contributed by atoms with van der Waals surface area (Å²) in [6, 6.07) is 8.26. The molecule has 0 unspecified atom stereocenters. The fourth-order valence-electron chi connectivity index (χ4n) is 2.09. The minimum Gasteiger partial charge on any atom is -0.369 e. The average molecular weight is 413 g/mol. The molecule has 2 aromatic rings. The van der Waals surface area contributed by atoms with E-state index in [4.69, 9.17) is 4.98 Å². The Bertz CT molecular complexity index is 627. The van der Waals surface area contributed by atoms with Gasteiger partial charge in [0.1, 0.15) is 11.6 Å². The Kier molecular flexibility index (Phi) is 5.76. The Labute approximate surface area is 142 Å². The second kappa shape index (κ2) is 7.36. The van der Waals surface area contributed by atoms with Crippen LogP contribution in [0.25, 0.3) is 0 Å². The molecule has 0 amide bonds. The van der Waals surface area contributed by atoms with Crippen LogP contribution in [-0.2, 0) is 6.42 Å². The first-order chi connectivity index (χ1) is 10.0. The van der Waals surface area contributed by atoms with Crippen LogP contribution in [-0.4, -0.2) is 16.5 Å². The van der Waals surface area contributed by atoms with Crippen LogP contribution in [0.5, 0.6) is 0 Å². The SMILES string of the molecule is CCNc1nc(Cc2cccc(Br)c2)nc(C(C)C)c1Br. The van der Waals surface area contributed by atoms with Crippen LogP contribution >= 0.6 is 31.9 Å². The van der Waals surface area contributed by atoms with Crippen molar-refractivity contribution in [3.05, 3.63) is 50.3 Å². The number of hydrogen-bond acceptors (Lipinski definition) is 3. The molecule has 21 heavy (non-hydrogen) atoms. The monoisotopic (exact) mass is 411 g/mol. The average Bonchev–Trinajstić information content (AvgIpc) is 2.42. The number of rotatable bonds is 5. The third-order valence-corrected chi connectivity index (χ3v) is 4.34. The van der Waals surface area contributed by atoms with Gasteiger partial charge in [0.25, 0.3) is 0 Å². The van der Waals surface area contributed by atoms with E-state index in [9.17, 15) is 0 Å². The first-order valence-electron chi connectivity index (χ1n) is 7.05. The molecule has 0 aliphatic carbocycles. The molecule has 1 N–H and O–H groups in total. The predicted octanol–water partition coefficient (Wildman–Crippen LogP) is 5.15. The van der Waals surface area contributed by atoms with Gasteiger partial charge in [0, 0.05) is 17.4 Å². The maximum atomic E-state index is 4.73. The van der Waals surface area contributed by atoms with Gasteiger partial charge in [-0.05, 0) is 46.5 Å². The van der Waals surface area contributed by atoms with Crippen molar-refractivity contribution in [2.75, 3.05) is 11.9 Å². The van der Waals surface area contributed by atoms with Gasteiger partial charge in [-0.3, -0.25) is 0 Å². The molecular weight excluding hydrogens is 394 g/mol. The molecule has 0 saturated carbocycles. The number of benzene rings is 1. The van der Waals surface area contributed by atoms with Crippen molar-refractivity contribution < 1.29 is 0 Å². The van der Waals surface area contributed by atoms with Gasteiger partial charge in [-0.25, -0.2) is 9.97 Å². The summed E-state index contributed by atoms with van der Waals surface area (Å²) >= 11 is 7.12. The highest BCUT2D eigenvalue weighted by molar-refractivity contribution is 9.11. The topological polar surface area (TPSA) is 37.8 Å². The molecule has 0 fully saturated rings. The number of aromatic nitrogens is 2. The second-order valence-corrected chi connectivity index (χ2v) is 6.89. The summed E-state index contributed by atoms with van der Waals surface area (Å²) in [5.74, 6) is 2.07. The Balaban J connectivity index is 2.39. The number of nitrogens with one attached hydrogen (secondary N) is 1. The summed E-state index contributed by atoms with van der Waals surface area (Å²) in [4.78, 5) is 9.37. The fourth-order valence-corrected chi connectivity index (χ4v) is 3.31. The normalized spacial score (nSPS) is 11.0. The van der Waals surface area contributed by atoms with Gasteiger partial charge in [-0.2, -0.15) is 0 Å². The predicted molar refractivity (Wildman–Crippen MR) is 94.9 cm³/mol. The standard InChI is InChI=1S/C16H19Br2N3/c1-4-19-16-14(18)15(10(2)3)20-13(21-16)9-11-6-5-7-12(17)8-11/h5-8,10H,4,9H2,1-3H3,(H,19,20,21). The van der Waals surface area contributed by atoms with Gasteiger partial charge >= 0.3 is 0 Å². The van der Waals surface area contributed by atoms with Crippen molar-refractivity contribution in [3.8, 4) is 0 Å². The lowest BCUT2D eigenvalue weighted by Crippen LogP contribution is -2.09. The minimum absolute atomic E-state index is 0.348. The van der Waals surface area contributed by atoms with Crippen molar-refractivity contribution in [2.24, 2.45) is 0 Å². The Morgan fingerprint density at radius 3 is 2.57 bits per heavy atom. The van der Waals surface area contributed by atoms with Crippen LogP contribution in [0.1, 0.15) is 43.8 Å². The summed E-state index contributed by atoms with van der Waals surface area (Å²) < 4.78 is 2.05. The van der Waals surface area contributed by atoms with Crippen LogP contribution in [0.15, 0.2) is 33.2 Å². The summed E-state index contributed by atoms with van der Waals surface area (Å²) in [7, 11) is 0. The summed E-state index contributed by atoms with van der Waals surface area (Å²) in [6.45, 7) is 7.19. The Morgan fingerprint density at radius 1 is 1.19 bits per heavy atom. The fraction of sp³-hybridized carbons (Fsp3) is 0.375. The van der Waals surface area contributed by atoms with Crippen LogP contribution < -0.4 is 5.32 Å². The Hall–Kier alpha value is -0.940. The maximum Gasteiger partial charge on any atom is 0.144 e. The van der Waals surface area contributed by atoms with E-state index in [1.54, 1.807) is 0 Å². The van der Waals surface area contributed by atoms with Crippen LogP contribution in [0, 0.1) is 0 Å². The molecule has 0 aliphatic rings. The zero-order chi connectivity index (χ0) is 15.4. The third kappa shape index (κ3) is 4.27. The quantitative estimate of drug-likeness (QED) is 0.737. The van der Waals surface area contributed by atoms with E-state index in [0.717, 1.165) is 39.2 Å². The number of nitrogens with zero attached hydrogens (tertiary/aromatic N) is 2. The Morgan fingerprint density at radius 2 is 1.95 bits per heavy atom. The molecule has 0 spiro atoms. The van der Waals surface area contributed by atoms with E-state index in [0.29, 0.717) is 5.92 Å². The number of hydrogen-bond donors (Lipinski definition) is 1. The highest BCUT2D eigenvalue weighted by Gasteiger charge is 2.14. The van der Waals surface area contributed by atoms with Crippen molar-refractivity contribution in [3.63, 3.8) is 0 Å². The van der Waals surface area contributed by atoms with Gasteiger partial charge in [0.05, 0.1) is 10.2 Å². The van der Waals surface area contributed by atoms with Crippen molar-refractivity contribution in [1.82, 2.24) is 9.97 Å². The van der Waals surface area contributed by atoms with Gasteiger partial charge in [-0.1, -0.05) is 41.9 Å². The molecule has 112 valence electrons. The van der Waals surface area contributed by atoms with E-state index < -0.39 is 0 Å². The largest absolute Gasteiger partial charge is 0.369 e. The molecule has 3 nitrogen and oxygen atoms in total. The molecule has 0 radical (unpaired) electrons. The smallest absolute Gasteiger partial charge is 0.144 e. The van der Waals surface area contributed by atoms with Crippen molar-refractivity contribution in [1.29, 1.82) is 0 Å². The van der Waals surface area contributed by atoms with E-state index in [1.165, 1.54) is 5.56 Å². The minimum atomic E-state index is 0.348. The molecule has 1 aromatic heterocycles. The highest BCUT2D eigenvalue weighted by atomic mass is 79.9. The number of halogens is 2. The second-order valence-electron chi connectivity index (χ2n) is 5.18. The summed E-state index contributed by atoms with van der Waals surface area (Å²) in [5.41, 5.74) is 2.25. The zero-order valence-corrected chi connectivity index (χ0v) is 15.6. The molecule has 0 aliphatic heterocycles. The number of anilines is 1. The van der Waals surface area contributed by atoms with Gasteiger partial charge in [-0.15, -0.1) is 0 Å². The van der Waals surface area contributed by atoms with Crippen LogP contribution in [0.4, 0.5) is 5.82 Å². The lowest BCUT2D eigenvalue weighted by molar-refractivity contribution is 0.784. The van der Waals surface area contributed by atoms with Crippen LogP contribution in [0.2, 0.25) is 0 Å². The molecule has 1 aromatic carbocycles. The van der Waals surface area contributed by atoms with Crippen molar-refractivity contribution >= 4 is 37.7 Å². The van der Waals surface area contributed by atoms with Crippen LogP contribution in [0.3, 0.4) is 0 Å². The molecular formula is C16H19Br2N3. The van der Waals surface area contributed by atoms with Gasteiger partial charge < -0.3 is 5.32 Å². The first-order valence-corrected chi connectivity index (χ1v) is 8.64. The molecule has 0 bridgehead atoms. The molecule has 0 atom stereocenters. The van der Waals surface area contributed by atoms with Gasteiger partial charge in [0.2, 0.25) is 0 Å². The lowest BCUT2D eigenvalue weighted by Gasteiger charge is -2.14. The summed E-state index contributed by atoms with van der Waals surface area (Å²) in [6.07, 6.45) is 0.727. The maximum absolute atomic E-state index is 4.73. The molecule has 5 heteroatoms. The highest BCUT2D eigenvalue weighted by Crippen LogP contribution is 2.29. The first kappa shape index (κ1) is 16.4. The van der Waals surface area contributed by atoms with Crippen molar-refractivity contribution in [2.45, 2.75) is 33.1 Å². The summed E-state index contributed by atoms with van der Waals surface area (Å²) in [5, 5.41) is 3.30. The molecule has 0 saturated heterocycles. The van der Waals surface area contributed by atoms with E-state index >= 15 is 0 Å². The van der Waals surface area contributed by atoms with Gasteiger partial charge in [0.15, 0.2) is 0 Å². The lowest BCUT2D eigenvalue weighted by atomic mass is 10.1. The van der Waals surface area contributed by atoms with E-state index in [1.807, 2.05) is 12.1 Å². The van der Waals surface area contributed by atoms with E-state index in [2.05, 4.69) is 75.1 Å².